The van der Waals surface area contributed by atoms with Crippen LogP contribution < -0.4 is 10.6 Å². The number of guanidine groups is 1. The van der Waals surface area contributed by atoms with Gasteiger partial charge in [0.15, 0.2) is 5.96 Å². The van der Waals surface area contributed by atoms with Gasteiger partial charge in [-0.25, -0.2) is 9.98 Å². The van der Waals surface area contributed by atoms with Crippen LogP contribution in [0.15, 0.2) is 27.8 Å². The molecule has 6 nitrogen and oxygen atoms in total. The van der Waals surface area contributed by atoms with Gasteiger partial charge in [0.2, 0.25) is 0 Å². The molecular weight excluding hydrogens is 449 g/mol. The van der Waals surface area contributed by atoms with Crippen molar-refractivity contribution < 1.29 is 4.42 Å². The first kappa shape index (κ1) is 21.9. The molecule has 0 bridgehead atoms. The molecule has 1 unspecified atom stereocenters. The Balaban J connectivity index is 0.00000312. The molecule has 0 aromatic carbocycles. The third-order valence-electron chi connectivity index (χ3n) is 3.68. The molecule has 2 aromatic heterocycles. The maximum Gasteiger partial charge on any atom is 0.191 e. The SMILES string of the molecule is CCNC(=NCc1sc(C)nc1C)NCC(c1ccco1)N(C)C.I. The predicted molar refractivity (Wildman–Crippen MR) is 115 cm³/mol. The number of aryl methyl sites for hydroxylation is 2. The Morgan fingerprint density at radius 1 is 1.36 bits per heavy atom. The first-order chi connectivity index (χ1) is 11.5. The van der Waals surface area contributed by atoms with Gasteiger partial charge in [0.25, 0.3) is 0 Å². The summed E-state index contributed by atoms with van der Waals surface area (Å²) in [5, 5.41) is 7.79. The van der Waals surface area contributed by atoms with Gasteiger partial charge in [0.05, 0.1) is 29.6 Å². The van der Waals surface area contributed by atoms with Gasteiger partial charge >= 0.3 is 0 Å². The number of halogens is 1. The maximum atomic E-state index is 5.55. The minimum absolute atomic E-state index is 0. The van der Waals surface area contributed by atoms with Crippen molar-refractivity contribution in [2.24, 2.45) is 4.99 Å². The monoisotopic (exact) mass is 477 g/mol. The van der Waals surface area contributed by atoms with Crippen molar-refractivity contribution >= 4 is 41.3 Å². The molecule has 0 aliphatic rings. The largest absolute Gasteiger partial charge is 0.468 e. The van der Waals surface area contributed by atoms with Crippen LogP contribution in [0, 0.1) is 13.8 Å². The molecule has 0 aliphatic carbocycles. The summed E-state index contributed by atoms with van der Waals surface area (Å²) < 4.78 is 5.55. The highest BCUT2D eigenvalue weighted by Gasteiger charge is 2.17. The zero-order valence-corrected chi connectivity index (χ0v) is 18.6. The van der Waals surface area contributed by atoms with Crippen molar-refractivity contribution in [2.75, 3.05) is 27.2 Å². The summed E-state index contributed by atoms with van der Waals surface area (Å²) in [7, 11) is 4.09. The van der Waals surface area contributed by atoms with Crippen LogP contribution >= 0.6 is 35.3 Å². The number of furan rings is 1. The van der Waals surface area contributed by atoms with E-state index in [2.05, 4.69) is 32.4 Å². The fourth-order valence-electron chi connectivity index (χ4n) is 2.42. The Kier molecular flexibility index (Phi) is 9.44. The standard InChI is InChI=1S/C17H27N5OS.HI/c1-6-18-17(20-11-16-12(2)21-13(3)24-16)19-10-14(22(4)5)15-8-7-9-23-15;/h7-9,14H,6,10-11H2,1-5H3,(H2,18,19,20);1H. The summed E-state index contributed by atoms with van der Waals surface area (Å²) in [5.41, 5.74) is 1.07. The zero-order chi connectivity index (χ0) is 17.5. The van der Waals surface area contributed by atoms with Crippen LogP contribution in [0.25, 0.3) is 0 Å². The van der Waals surface area contributed by atoms with Gasteiger partial charge in [0, 0.05) is 18.0 Å². The Morgan fingerprint density at radius 2 is 2.12 bits per heavy atom. The molecule has 0 saturated heterocycles. The first-order valence-corrected chi connectivity index (χ1v) is 8.97. The van der Waals surface area contributed by atoms with Crippen LogP contribution in [0.3, 0.4) is 0 Å². The molecule has 2 rings (SSSR count). The maximum absolute atomic E-state index is 5.55. The van der Waals surface area contributed by atoms with Crippen molar-refractivity contribution in [3.05, 3.63) is 39.7 Å². The molecule has 0 amide bonds. The van der Waals surface area contributed by atoms with Gasteiger partial charge < -0.3 is 15.1 Å². The number of aliphatic imine (C=N–C) groups is 1. The molecule has 0 aliphatic heterocycles. The zero-order valence-electron chi connectivity index (χ0n) is 15.5. The van der Waals surface area contributed by atoms with Crippen LogP contribution in [0.4, 0.5) is 0 Å². The molecule has 8 heteroatoms. The van der Waals surface area contributed by atoms with E-state index >= 15 is 0 Å². The highest BCUT2D eigenvalue weighted by molar-refractivity contribution is 14.0. The van der Waals surface area contributed by atoms with Gasteiger partial charge in [-0.2, -0.15) is 0 Å². The number of hydrogen-bond donors (Lipinski definition) is 2. The quantitative estimate of drug-likeness (QED) is 0.364. The van der Waals surface area contributed by atoms with Gasteiger partial charge in [0.1, 0.15) is 5.76 Å². The molecule has 140 valence electrons. The van der Waals surface area contributed by atoms with Crippen LogP contribution in [-0.4, -0.2) is 43.0 Å². The average molecular weight is 477 g/mol. The van der Waals surface area contributed by atoms with E-state index in [0.717, 1.165) is 29.0 Å². The van der Waals surface area contributed by atoms with E-state index in [1.807, 2.05) is 40.1 Å². The van der Waals surface area contributed by atoms with Gasteiger partial charge in [-0.05, 0) is 47.0 Å². The third kappa shape index (κ3) is 6.59. The van der Waals surface area contributed by atoms with E-state index in [4.69, 9.17) is 4.42 Å². The Bertz CT molecular complexity index is 654. The molecule has 1 atom stereocenters. The topological polar surface area (TPSA) is 65.7 Å². The first-order valence-electron chi connectivity index (χ1n) is 8.16. The van der Waals surface area contributed by atoms with Crippen molar-refractivity contribution in [3.63, 3.8) is 0 Å². The fourth-order valence-corrected chi connectivity index (χ4v) is 3.29. The second-order valence-corrected chi connectivity index (χ2v) is 7.10. The molecule has 25 heavy (non-hydrogen) atoms. The summed E-state index contributed by atoms with van der Waals surface area (Å²) >= 11 is 1.70. The summed E-state index contributed by atoms with van der Waals surface area (Å²) in [5.74, 6) is 1.75. The molecule has 2 heterocycles. The van der Waals surface area contributed by atoms with Crippen molar-refractivity contribution in [3.8, 4) is 0 Å². The summed E-state index contributed by atoms with van der Waals surface area (Å²) in [6, 6.07) is 4.07. The average Bonchev–Trinajstić information content (AvgIpc) is 3.14. The van der Waals surface area contributed by atoms with Crippen molar-refractivity contribution in [1.82, 2.24) is 20.5 Å². The summed E-state index contributed by atoms with van der Waals surface area (Å²) in [4.78, 5) is 12.5. The molecule has 0 fully saturated rings. The van der Waals surface area contributed by atoms with Crippen LogP contribution in [0.2, 0.25) is 0 Å². The molecule has 0 radical (unpaired) electrons. The number of rotatable bonds is 7. The minimum Gasteiger partial charge on any atom is -0.468 e. The van der Waals surface area contributed by atoms with E-state index in [1.165, 1.54) is 4.88 Å². The van der Waals surface area contributed by atoms with Crippen LogP contribution in [0.1, 0.15) is 34.3 Å². The lowest BCUT2D eigenvalue weighted by Gasteiger charge is -2.23. The van der Waals surface area contributed by atoms with Gasteiger partial charge in [-0.15, -0.1) is 35.3 Å². The van der Waals surface area contributed by atoms with Gasteiger partial charge in [-0.1, -0.05) is 0 Å². The molecular formula is C17H28IN5OS. The highest BCUT2D eigenvalue weighted by Crippen LogP contribution is 2.19. The smallest absolute Gasteiger partial charge is 0.191 e. The minimum atomic E-state index is 0. The van der Waals surface area contributed by atoms with E-state index in [1.54, 1.807) is 17.6 Å². The number of likely N-dealkylation sites (N-methyl/N-ethyl adjacent to an activating group) is 1. The second-order valence-electron chi connectivity index (χ2n) is 5.81. The second kappa shape index (κ2) is 10.8. The Hall–Kier alpha value is -1.13. The number of thiazole rings is 1. The third-order valence-corrected chi connectivity index (χ3v) is 4.74. The highest BCUT2D eigenvalue weighted by atomic mass is 127. The van der Waals surface area contributed by atoms with Crippen molar-refractivity contribution in [2.45, 2.75) is 33.4 Å². The lowest BCUT2D eigenvalue weighted by molar-refractivity contribution is 0.258. The van der Waals surface area contributed by atoms with E-state index < -0.39 is 0 Å². The van der Waals surface area contributed by atoms with Crippen molar-refractivity contribution in [1.29, 1.82) is 0 Å². The lowest BCUT2D eigenvalue weighted by atomic mass is 10.2. The number of nitrogens with zero attached hydrogens (tertiary/aromatic N) is 3. The van der Waals surface area contributed by atoms with E-state index in [9.17, 15) is 0 Å². The lowest BCUT2D eigenvalue weighted by Crippen LogP contribution is -2.41. The summed E-state index contributed by atoms with van der Waals surface area (Å²) in [6.07, 6.45) is 1.71. The fraction of sp³-hybridized carbons (Fsp3) is 0.529. The predicted octanol–water partition coefficient (Wildman–Crippen LogP) is 3.33. The molecule has 2 aromatic rings. The normalized spacial score (nSPS) is 12.8. The molecule has 0 saturated carbocycles. The summed E-state index contributed by atoms with van der Waals surface area (Å²) in [6.45, 7) is 8.30. The van der Waals surface area contributed by atoms with Crippen LogP contribution in [0.5, 0.6) is 0 Å². The van der Waals surface area contributed by atoms with E-state index in [0.29, 0.717) is 13.1 Å². The number of hydrogen-bond acceptors (Lipinski definition) is 5. The Morgan fingerprint density at radius 3 is 2.64 bits per heavy atom. The van der Waals surface area contributed by atoms with Crippen LogP contribution in [-0.2, 0) is 6.54 Å². The molecule has 2 N–H and O–H groups in total. The number of nitrogens with one attached hydrogen (secondary N) is 2. The van der Waals surface area contributed by atoms with Gasteiger partial charge in [-0.3, -0.25) is 4.90 Å². The number of aromatic nitrogens is 1. The Labute approximate surface area is 171 Å². The van der Waals surface area contributed by atoms with E-state index in [-0.39, 0.29) is 30.0 Å². The molecule has 0 spiro atoms.